The van der Waals surface area contributed by atoms with E-state index in [1.807, 2.05) is 50.4 Å². The van der Waals surface area contributed by atoms with Gasteiger partial charge in [0, 0.05) is 34.9 Å². The van der Waals surface area contributed by atoms with E-state index in [-0.39, 0.29) is 5.91 Å². The van der Waals surface area contributed by atoms with Gasteiger partial charge in [0.25, 0.3) is 5.91 Å². The molecule has 28 heavy (non-hydrogen) atoms. The number of aromatic nitrogens is 1. The van der Waals surface area contributed by atoms with Gasteiger partial charge in [0.2, 0.25) is 0 Å². The number of hydrogen-bond donors (Lipinski definition) is 1. The lowest BCUT2D eigenvalue weighted by atomic mass is 10.0. The van der Waals surface area contributed by atoms with Gasteiger partial charge in [-0.1, -0.05) is 36.4 Å². The predicted octanol–water partition coefficient (Wildman–Crippen LogP) is 5.45. The summed E-state index contributed by atoms with van der Waals surface area (Å²) >= 11 is 1.62. The van der Waals surface area contributed by atoms with E-state index in [0.717, 1.165) is 43.9 Å². The molecule has 142 valence electrons. The summed E-state index contributed by atoms with van der Waals surface area (Å²) in [5.41, 5.74) is 6.02. The van der Waals surface area contributed by atoms with Gasteiger partial charge in [-0.2, -0.15) is 0 Å². The van der Waals surface area contributed by atoms with Gasteiger partial charge < -0.3 is 9.73 Å². The first-order valence-electron chi connectivity index (χ1n) is 9.31. The lowest BCUT2D eigenvalue weighted by Crippen LogP contribution is -2.25. The van der Waals surface area contributed by atoms with Gasteiger partial charge in [-0.05, 0) is 38.0 Å². The molecule has 0 fully saturated rings. The van der Waals surface area contributed by atoms with Crippen molar-refractivity contribution >= 4 is 28.2 Å². The number of benzene rings is 2. The van der Waals surface area contributed by atoms with E-state index < -0.39 is 0 Å². The van der Waals surface area contributed by atoms with Crippen LogP contribution in [0.25, 0.3) is 21.5 Å². The van der Waals surface area contributed by atoms with Crippen LogP contribution in [0, 0.1) is 20.8 Å². The monoisotopic (exact) mass is 390 g/mol. The zero-order valence-electron chi connectivity index (χ0n) is 16.2. The van der Waals surface area contributed by atoms with Gasteiger partial charge in [-0.25, -0.2) is 4.98 Å². The molecule has 2 aromatic heterocycles. The van der Waals surface area contributed by atoms with Crippen molar-refractivity contribution in [1.29, 1.82) is 0 Å². The summed E-state index contributed by atoms with van der Waals surface area (Å²) in [4.78, 5) is 17.3. The lowest BCUT2D eigenvalue weighted by Gasteiger charge is -2.02. The van der Waals surface area contributed by atoms with E-state index in [1.165, 1.54) is 0 Å². The van der Waals surface area contributed by atoms with Gasteiger partial charge in [0.1, 0.15) is 10.6 Å². The number of nitrogens with one attached hydrogen (secondary N) is 1. The SMILES string of the molecule is Cc1cc(C)c2c(C)c(C(=O)NCCc3csc(-c4ccccc4)n3)oc2c1. The molecule has 1 N–H and O–H groups in total. The van der Waals surface area contributed by atoms with Crippen molar-refractivity contribution in [3.63, 3.8) is 0 Å². The molecule has 0 bridgehead atoms. The van der Waals surface area contributed by atoms with Gasteiger partial charge in [-0.3, -0.25) is 4.79 Å². The van der Waals surface area contributed by atoms with E-state index in [9.17, 15) is 4.79 Å². The van der Waals surface area contributed by atoms with Crippen molar-refractivity contribution < 1.29 is 9.21 Å². The molecule has 0 spiro atoms. The molecule has 0 atom stereocenters. The number of nitrogens with zero attached hydrogens (tertiary/aromatic N) is 1. The summed E-state index contributed by atoms with van der Waals surface area (Å²) in [6.07, 6.45) is 0.687. The number of carbonyl (C=O) groups excluding carboxylic acids is 1. The molecule has 0 saturated heterocycles. The normalized spacial score (nSPS) is 11.1. The maximum absolute atomic E-state index is 12.6. The predicted molar refractivity (Wildman–Crippen MR) is 114 cm³/mol. The highest BCUT2D eigenvalue weighted by molar-refractivity contribution is 7.13. The average Bonchev–Trinajstić information content (AvgIpc) is 3.27. The van der Waals surface area contributed by atoms with Crippen LogP contribution in [0.4, 0.5) is 0 Å². The van der Waals surface area contributed by atoms with Crippen LogP contribution in [0.1, 0.15) is 32.9 Å². The number of rotatable bonds is 5. The van der Waals surface area contributed by atoms with Gasteiger partial charge in [0.15, 0.2) is 5.76 Å². The molecule has 0 aliphatic carbocycles. The minimum absolute atomic E-state index is 0.177. The zero-order chi connectivity index (χ0) is 19.7. The molecule has 4 aromatic rings. The van der Waals surface area contributed by atoms with Crippen molar-refractivity contribution in [2.75, 3.05) is 6.54 Å². The van der Waals surface area contributed by atoms with E-state index in [1.54, 1.807) is 11.3 Å². The van der Waals surface area contributed by atoms with E-state index in [2.05, 4.69) is 28.5 Å². The van der Waals surface area contributed by atoms with Gasteiger partial charge in [-0.15, -0.1) is 11.3 Å². The van der Waals surface area contributed by atoms with Gasteiger partial charge in [0.05, 0.1) is 5.69 Å². The van der Waals surface area contributed by atoms with Crippen LogP contribution in [0.5, 0.6) is 0 Å². The van der Waals surface area contributed by atoms with Crippen LogP contribution < -0.4 is 5.32 Å². The van der Waals surface area contributed by atoms with E-state index in [0.29, 0.717) is 18.7 Å². The lowest BCUT2D eigenvalue weighted by molar-refractivity contribution is 0.0927. The fraction of sp³-hybridized carbons (Fsp3) is 0.217. The summed E-state index contributed by atoms with van der Waals surface area (Å²) in [6.45, 7) is 6.54. The van der Waals surface area contributed by atoms with Crippen LogP contribution in [0.3, 0.4) is 0 Å². The molecule has 0 aliphatic rings. The number of amides is 1. The third kappa shape index (κ3) is 3.58. The highest BCUT2D eigenvalue weighted by Crippen LogP contribution is 2.29. The Balaban J connectivity index is 1.43. The number of hydrogen-bond acceptors (Lipinski definition) is 4. The minimum atomic E-state index is -0.177. The maximum atomic E-state index is 12.6. The molecular weight excluding hydrogens is 368 g/mol. The first kappa shape index (κ1) is 18.4. The van der Waals surface area contributed by atoms with Crippen LogP contribution in [0.2, 0.25) is 0 Å². The third-order valence-electron chi connectivity index (χ3n) is 4.82. The largest absolute Gasteiger partial charge is 0.451 e. The Bertz CT molecular complexity index is 1140. The summed E-state index contributed by atoms with van der Waals surface area (Å²) < 4.78 is 5.86. The fourth-order valence-electron chi connectivity index (χ4n) is 3.53. The Kier molecular flexibility index (Phi) is 5.01. The second-order valence-electron chi connectivity index (χ2n) is 7.03. The molecule has 0 radical (unpaired) electrons. The van der Waals surface area contributed by atoms with Crippen molar-refractivity contribution in [2.45, 2.75) is 27.2 Å². The maximum Gasteiger partial charge on any atom is 0.287 e. The standard InChI is InChI=1S/C23H22N2O2S/c1-14-11-15(2)20-16(3)21(27-19(20)12-14)22(26)24-10-9-18-13-28-23(25-18)17-7-5-4-6-8-17/h4-8,11-13H,9-10H2,1-3H3,(H,24,26). The third-order valence-corrected chi connectivity index (χ3v) is 5.76. The van der Waals surface area contributed by atoms with Crippen LogP contribution in [-0.2, 0) is 6.42 Å². The Labute approximate surface area is 168 Å². The molecule has 0 saturated carbocycles. The quantitative estimate of drug-likeness (QED) is 0.493. The average molecular weight is 391 g/mol. The highest BCUT2D eigenvalue weighted by Gasteiger charge is 2.19. The summed E-state index contributed by atoms with van der Waals surface area (Å²) in [6, 6.07) is 14.2. The number of furan rings is 1. The van der Waals surface area contributed by atoms with Crippen molar-refractivity contribution in [3.05, 3.63) is 76.0 Å². The molecular formula is C23H22N2O2S. The molecule has 4 rings (SSSR count). The Morgan fingerprint density at radius 3 is 2.71 bits per heavy atom. The molecule has 0 aliphatic heterocycles. The highest BCUT2D eigenvalue weighted by atomic mass is 32.1. The molecule has 2 aromatic carbocycles. The molecule has 5 heteroatoms. The van der Waals surface area contributed by atoms with Crippen LogP contribution in [0.15, 0.2) is 52.3 Å². The fourth-order valence-corrected chi connectivity index (χ4v) is 4.39. The van der Waals surface area contributed by atoms with Crippen LogP contribution in [-0.4, -0.2) is 17.4 Å². The molecule has 0 unspecified atom stereocenters. The van der Waals surface area contributed by atoms with E-state index >= 15 is 0 Å². The number of carbonyl (C=O) groups is 1. The summed E-state index contributed by atoms with van der Waals surface area (Å²) in [7, 11) is 0. The Hall–Kier alpha value is -2.92. The number of aryl methyl sites for hydroxylation is 3. The van der Waals surface area contributed by atoms with Crippen molar-refractivity contribution in [3.8, 4) is 10.6 Å². The summed E-state index contributed by atoms with van der Waals surface area (Å²) in [5.74, 6) is 0.219. The first-order chi connectivity index (χ1) is 13.5. The number of thiazole rings is 1. The topological polar surface area (TPSA) is 55.1 Å². The van der Waals surface area contributed by atoms with Crippen LogP contribution >= 0.6 is 11.3 Å². The Morgan fingerprint density at radius 1 is 1.14 bits per heavy atom. The zero-order valence-corrected chi connectivity index (χ0v) is 17.0. The second-order valence-corrected chi connectivity index (χ2v) is 7.89. The first-order valence-corrected chi connectivity index (χ1v) is 10.2. The molecule has 1 amide bonds. The molecule has 2 heterocycles. The second kappa shape index (κ2) is 7.60. The minimum Gasteiger partial charge on any atom is -0.451 e. The Morgan fingerprint density at radius 2 is 1.93 bits per heavy atom. The van der Waals surface area contributed by atoms with Gasteiger partial charge >= 0.3 is 0 Å². The van der Waals surface area contributed by atoms with E-state index in [4.69, 9.17) is 4.42 Å². The smallest absolute Gasteiger partial charge is 0.287 e. The van der Waals surface area contributed by atoms with Crippen molar-refractivity contribution in [2.24, 2.45) is 0 Å². The molecule has 4 nitrogen and oxygen atoms in total. The number of fused-ring (bicyclic) bond motifs is 1. The summed E-state index contributed by atoms with van der Waals surface area (Å²) in [5, 5.41) is 7.04. The van der Waals surface area contributed by atoms with Crippen molar-refractivity contribution in [1.82, 2.24) is 10.3 Å².